The zero-order valence-corrected chi connectivity index (χ0v) is 13.4. The Balaban J connectivity index is 4.74. The standard InChI is InChI=1S/C14H30OSi/c1-9-10-13(11-12(2)3)16(7,8)15-14(4,5)6/h9-10,12-13H,11H2,1-8H3/b10-9-/t13-/m0/s1. The Hall–Kier alpha value is -0.0831. The summed E-state index contributed by atoms with van der Waals surface area (Å²) in [6.07, 6.45) is 5.76. The van der Waals surface area contributed by atoms with Gasteiger partial charge in [-0.2, -0.15) is 0 Å². The molecule has 0 bridgehead atoms. The fraction of sp³-hybridized carbons (Fsp3) is 0.857. The summed E-state index contributed by atoms with van der Waals surface area (Å²) in [6, 6.07) is 0. The van der Waals surface area contributed by atoms with Gasteiger partial charge < -0.3 is 4.43 Å². The molecule has 0 fully saturated rings. The van der Waals surface area contributed by atoms with Crippen LogP contribution in [0.5, 0.6) is 0 Å². The molecule has 0 saturated carbocycles. The highest BCUT2D eigenvalue weighted by molar-refractivity contribution is 6.73. The normalized spacial score (nSPS) is 16.1. The second-order valence-electron chi connectivity index (χ2n) is 6.58. The first-order valence-corrected chi connectivity index (χ1v) is 9.40. The topological polar surface area (TPSA) is 9.23 Å². The van der Waals surface area contributed by atoms with Gasteiger partial charge in [0.2, 0.25) is 0 Å². The van der Waals surface area contributed by atoms with Crippen LogP contribution in [-0.2, 0) is 4.43 Å². The molecule has 0 aliphatic carbocycles. The van der Waals surface area contributed by atoms with Gasteiger partial charge in [-0.15, -0.1) is 0 Å². The monoisotopic (exact) mass is 242 g/mol. The molecular formula is C14H30OSi. The number of hydrogen-bond donors (Lipinski definition) is 0. The Morgan fingerprint density at radius 2 is 1.69 bits per heavy atom. The van der Waals surface area contributed by atoms with Gasteiger partial charge in [0.25, 0.3) is 0 Å². The maximum Gasteiger partial charge on any atom is 0.194 e. The molecule has 0 unspecified atom stereocenters. The van der Waals surface area contributed by atoms with Crippen LogP contribution in [0.25, 0.3) is 0 Å². The summed E-state index contributed by atoms with van der Waals surface area (Å²) in [5, 5.41) is 0. The molecule has 1 atom stereocenters. The summed E-state index contributed by atoms with van der Waals surface area (Å²) in [7, 11) is -1.64. The van der Waals surface area contributed by atoms with Crippen molar-refractivity contribution in [3.8, 4) is 0 Å². The van der Waals surface area contributed by atoms with Gasteiger partial charge in [0, 0.05) is 5.60 Å². The molecule has 0 aromatic heterocycles. The molecule has 0 heterocycles. The van der Waals surface area contributed by atoms with Crippen LogP contribution in [-0.4, -0.2) is 13.9 Å². The Labute approximate surface area is 103 Å². The van der Waals surface area contributed by atoms with Crippen molar-refractivity contribution in [3.05, 3.63) is 12.2 Å². The first-order valence-electron chi connectivity index (χ1n) is 6.41. The van der Waals surface area contributed by atoms with E-state index in [4.69, 9.17) is 4.43 Å². The first-order chi connectivity index (χ1) is 7.08. The summed E-state index contributed by atoms with van der Waals surface area (Å²) in [6.45, 7) is 17.8. The largest absolute Gasteiger partial charge is 0.412 e. The number of allylic oxidation sites excluding steroid dienone is 2. The average molecular weight is 242 g/mol. The molecule has 0 aliphatic heterocycles. The van der Waals surface area contributed by atoms with Gasteiger partial charge in [0.1, 0.15) is 0 Å². The summed E-state index contributed by atoms with van der Waals surface area (Å²) in [5.41, 5.74) is 0.601. The summed E-state index contributed by atoms with van der Waals surface area (Å²) >= 11 is 0. The third-order valence-electron chi connectivity index (χ3n) is 2.61. The molecular weight excluding hydrogens is 212 g/mol. The SMILES string of the molecule is C/C=C\[C@@H](CC(C)C)[Si](C)(C)OC(C)(C)C. The quantitative estimate of drug-likeness (QED) is 0.487. The maximum atomic E-state index is 6.33. The molecule has 0 saturated heterocycles. The summed E-state index contributed by atoms with van der Waals surface area (Å²) in [5.74, 6) is 0.733. The minimum Gasteiger partial charge on any atom is -0.412 e. The zero-order chi connectivity index (χ0) is 13.0. The van der Waals surface area contributed by atoms with E-state index in [0.29, 0.717) is 5.54 Å². The molecule has 0 aromatic carbocycles. The lowest BCUT2D eigenvalue weighted by molar-refractivity contribution is 0.117. The third kappa shape index (κ3) is 6.49. The van der Waals surface area contributed by atoms with E-state index in [1.54, 1.807) is 0 Å². The van der Waals surface area contributed by atoms with Crippen molar-refractivity contribution in [2.45, 2.75) is 72.2 Å². The van der Waals surface area contributed by atoms with E-state index >= 15 is 0 Å². The second kappa shape index (κ2) is 6.01. The molecule has 2 heteroatoms. The predicted molar refractivity (Wildman–Crippen MR) is 76.3 cm³/mol. The van der Waals surface area contributed by atoms with Crippen molar-refractivity contribution < 1.29 is 4.43 Å². The van der Waals surface area contributed by atoms with Crippen LogP contribution in [0, 0.1) is 5.92 Å². The Morgan fingerprint density at radius 1 is 1.19 bits per heavy atom. The number of rotatable bonds is 5. The molecule has 1 nitrogen and oxygen atoms in total. The molecule has 0 radical (unpaired) electrons. The van der Waals surface area contributed by atoms with Crippen molar-refractivity contribution >= 4 is 8.32 Å². The summed E-state index contributed by atoms with van der Waals surface area (Å²) < 4.78 is 6.33. The zero-order valence-electron chi connectivity index (χ0n) is 12.4. The maximum absolute atomic E-state index is 6.33. The van der Waals surface area contributed by atoms with Crippen LogP contribution < -0.4 is 0 Å². The summed E-state index contributed by atoms with van der Waals surface area (Å²) in [4.78, 5) is 0. The van der Waals surface area contributed by atoms with Crippen molar-refractivity contribution in [1.82, 2.24) is 0 Å². The van der Waals surface area contributed by atoms with Crippen molar-refractivity contribution in [2.75, 3.05) is 0 Å². The first kappa shape index (κ1) is 15.9. The van der Waals surface area contributed by atoms with Crippen LogP contribution in [0.15, 0.2) is 12.2 Å². The molecule has 0 aliphatic rings. The average Bonchev–Trinajstić information content (AvgIpc) is 1.97. The van der Waals surface area contributed by atoms with Crippen LogP contribution in [0.4, 0.5) is 0 Å². The van der Waals surface area contributed by atoms with Gasteiger partial charge in [-0.25, -0.2) is 0 Å². The Bertz CT molecular complexity index is 223. The second-order valence-corrected chi connectivity index (χ2v) is 10.7. The van der Waals surface area contributed by atoms with Crippen molar-refractivity contribution in [3.63, 3.8) is 0 Å². The Kier molecular flexibility index (Phi) is 5.98. The molecule has 0 spiro atoms. The number of hydrogen-bond acceptors (Lipinski definition) is 1. The molecule has 16 heavy (non-hydrogen) atoms. The van der Waals surface area contributed by atoms with Crippen LogP contribution in [0.2, 0.25) is 18.6 Å². The lowest BCUT2D eigenvalue weighted by atomic mass is 10.1. The van der Waals surface area contributed by atoms with E-state index in [2.05, 4.69) is 66.8 Å². The minimum absolute atomic E-state index is 0.0213. The lowest BCUT2D eigenvalue weighted by Gasteiger charge is -2.37. The molecule has 0 amide bonds. The van der Waals surface area contributed by atoms with Gasteiger partial charge in [0.15, 0.2) is 8.32 Å². The van der Waals surface area contributed by atoms with Gasteiger partial charge in [-0.1, -0.05) is 26.0 Å². The van der Waals surface area contributed by atoms with Gasteiger partial charge >= 0.3 is 0 Å². The van der Waals surface area contributed by atoms with Crippen LogP contribution >= 0.6 is 0 Å². The molecule has 96 valence electrons. The fourth-order valence-corrected chi connectivity index (χ4v) is 5.62. The van der Waals surface area contributed by atoms with Gasteiger partial charge in [-0.05, 0) is 58.7 Å². The molecule has 0 N–H and O–H groups in total. The smallest absolute Gasteiger partial charge is 0.194 e. The molecule has 0 aromatic rings. The van der Waals surface area contributed by atoms with Gasteiger partial charge in [-0.3, -0.25) is 0 Å². The predicted octanol–water partition coefficient (Wildman–Crippen LogP) is 5.00. The van der Waals surface area contributed by atoms with Crippen molar-refractivity contribution in [1.29, 1.82) is 0 Å². The van der Waals surface area contributed by atoms with Crippen LogP contribution in [0.1, 0.15) is 48.0 Å². The van der Waals surface area contributed by atoms with E-state index in [-0.39, 0.29) is 5.60 Å². The minimum atomic E-state index is -1.64. The van der Waals surface area contributed by atoms with Crippen LogP contribution in [0.3, 0.4) is 0 Å². The highest BCUT2D eigenvalue weighted by Gasteiger charge is 2.35. The van der Waals surface area contributed by atoms with Crippen molar-refractivity contribution in [2.24, 2.45) is 5.92 Å². The lowest BCUT2D eigenvalue weighted by Crippen LogP contribution is -2.43. The highest BCUT2D eigenvalue weighted by Crippen LogP contribution is 2.34. The van der Waals surface area contributed by atoms with E-state index in [9.17, 15) is 0 Å². The van der Waals surface area contributed by atoms with E-state index in [1.165, 1.54) is 6.42 Å². The van der Waals surface area contributed by atoms with Gasteiger partial charge in [0.05, 0.1) is 0 Å². The van der Waals surface area contributed by atoms with E-state index in [0.717, 1.165) is 5.92 Å². The fourth-order valence-electron chi connectivity index (χ4n) is 2.20. The molecule has 0 rings (SSSR count). The Morgan fingerprint density at radius 3 is 2.00 bits per heavy atom. The highest BCUT2D eigenvalue weighted by atomic mass is 28.4. The van der Waals surface area contributed by atoms with E-state index in [1.807, 2.05) is 0 Å². The third-order valence-corrected chi connectivity index (χ3v) is 5.96. The van der Waals surface area contributed by atoms with E-state index < -0.39 is 8.32 Å².